The van der Waals surface area contributed by atoms with Gasteiger partial charge in [-0.15, -0.1) is 5.10 Å². The molecule has 11 atom stereocenters. The third-order valence-corrected chi connectivity index (χ3v) is 9.83. The summed E-state index contributed by atoms with van der Waals surface area (Å²) in [6.07, 6.45) is -11.1. The minimum Gasteiger partial charge on any atom is -0.756 e. The minimum atomic E-state index is -5.94. The first-order valence-electron chi connectivity index (χ1n) is 14.1. The average Bonchev–Trinajstić information content (AvgIpc) is 3.69. The number of aliphatic hydroxyl groups excluding tert-OH is 5. The van der Waals surface area contributed by atoms with Crippen LogP contribution in [0.25, 0.3) is 11.2 Å². The number of imidazole rings is 1. The van der Waals surface area contributed by atoms with Crippen LogP contribution in [0.2, 0.25) is 0 Å². The molecule has 2 fully saturated rings. The van der Waals surface area contributed by atoms with Gasteiger partial charge in [0.15, 0.2) is 23.7 Å². The largest absolute Gasteiger partial charge is 1.00 e. The number of phosphoric acid groups is 2. The molecule has 3 aromatic heterocycles. The van der Waals surface area contributed by atoms with E-state index in [1.807, 2.05) is 6.92 Å². The van der Waals surface area contributed by atoms with Gasteiger partial charge in [0.25, 0.3) is 21.2 Å². The van der Waals surface area contributed by atoms with Gasteiger partial charge >= 0.3 is 59.1 Å². The molecule has 5 heterocycles. The van der Waals surface area contributed by atoms with Crippen LogP contribution in [0.15, 0.2) is 17.3 Å². The topological polar surface area (TPSA) is 348 Å². The second-order valence-corrected chi connectivity index (χ2v) is 13.7. The van der Waals surface area contributed by atoms with Crippen LogP contribution in [0.4, 0.5) is 5.95 Å². The van der Waals surface area contributed by atoms with Gasteiger partial charge in [0.2, 0.25) is 5.95 Å². The van der Waals surface area contributed by atoms with Gasteiger partial charge in [0, 0.05) is 6.20 Å². The fourth-order valence-corrected chi connectivity index (χ4v) is 7.00. The number of aromatic amines is 1. The van der Waals surface area contributed by atoms with Crippen LogP contribution in [0.1, 0.15) is 31.7 Å². The fourth-order valence-electron chi connectivity index (χ4n) is 4.92. The van der Waals surface area contributed by atoms with Crippen molar-refractivity contribution in [2.24, 2.45) is 0 Å². The number of hydrogen-bond acceptors (Lipinski definition) is 20. The van der Waals surface area contributed by atoms with Gasteiger partial charge < -0.3 is 55.1 Å². The monoisotopic (exact) mass is 756 g/mol. The zero-order valence-corrected chi connectivity index (χ0v) is 32.1. The second kappa shape index (κ2) is 17.4. The Labute approximate surface area is 320 Å². The molecule has 0 aliphatic carbocycles. The predicted molar refractivity (Wildman–Crippen MR) is 147 cm³/mol. The van der Waals surface area contributed by atoms with E-state index in [0.29, 0.717) is 12.1 Å². The molecule has 3 aromatic rings. The van der Waals surface area contributed by atoms with Gasteiger partial charge in [-0.3, -0.25) is 28.0 Å². The second-order valence-electron chi connectivity index (χ2n) is 10.7. The molecule has 0 spiro atoms. The molecule has 5 rings (SSSR count). The average molecular weight is 756 g/mol. The Kier molecular flexibility index (Phi) is 15.2. The maximum absolute atomic E-state index is 12.5. The summed E-state index contributed by atoms with van der Waals surface area (Å²) < 4.78 is 51.2. The Balaban J connectivity index is 0.00000325. The standard InChI is InChI=1S/C22H34N8O15P2.2Na/c1-2-3-4-9-5-29(28-27-9)6-10-13(31)15(33)17(35)21(43-10)44-47(39,40)45-46(37,38)41-7-11-14(32)16(34)20(42-11)30-8-24-12-18(30)25-22(23)26-19(12)36;;/h5,8,10-11,13-17,20-21,31-35H,2-4,6-7H2,1H3,(H,37,38)(H,39,40)(H3,23,25,26,36);;/q;2*+1/p-2/t10-,11+,13+,14+,15+,16+,17-,20+,21+;;/m0../s1. The minimum absolute atomic E-state index is 0. The smallest absolute Gasteiger partial charge is 0.756 e. The number of nitrogens with one attached hydrogen (secondary N) is 1. The van der Waals surface area contributed by atoms with Crippen molar-refractivity contribution in [3.8, 4) is 0 Å². The van der Waals surface area contributed by atoms with Crippen molar-refractivity contribution in [1.82, 2.24) is 34.5 Å². The van der Waals surface area contributed by atoms with Crippen molar-refractivity contribution >= 4 is 32.8 Å². The number of aliphatic hydroxyl groups is 5. The molecule has 2 unspecified atom stereocenters. The molecule has 0 saturated carbocycles. The van der Waals surface area contributed by atoms with Crippen LogP contribution in [0, 0.1) is 0 Å². The molecule has 2 aliphatic rings. The van der Waals surface area contributed by atoms with E-state index < -0.39 is 83.1 Å². The number of fused-ring (bicyclic) bond motifs is 1. The van der Waals surface area contributed by atoms with Crippen LogP contribution in [0.3, 0.4) is 0 Å². The van der Waals surface area contributed by atoms with E-state index in [-0.39, 0.29) is 82.8 Å². The molecule has 8 N–H and O–H groups in total. The molecule has 262 valence electrons. The number of nitrogen functional groups attached to an aromatic ring is 1. The van der Waals surface area contributed by atoms with Crippen molar-refractivity contribution in [3.05, 3.63) is 28.6 Å². The number of hydrogen-bond donors (Lipinski definition) is 7. The molecule has 23 nitrogen and oxygen atoms in total. The number of aromatic nitrogens is 7. The summed E-state index contributed by atoms with van der Waals surface area (Å²) in [6, 6.07) is 0. The summed E-state index contributed by atoms with van der Waals surface area (Å²) in [5.74, 6) is -0.287. The zero-order chi connectivity index (χ0) is 34.3. The van der Waals surface area contributed by atoms with E-state index in [2.05, 4.69) is 38.6 Å². The molecule has 49 heavy (non-hydrogen) atoms. The molecule has 0 aromatic carbocycles. The van der Waals surface area contributed by atoms with Crippen molar-refractivity contribution in [1.29, 1.82) is 0 Å². The van der Waals surface area contributed by atoms with E-state index in [1.165, 1.54) is 4.68 Å². The maximum Gasteiger partial charge on any atom is 1.00 e. The summed E-state index contributed by atoms with van der Waals surface area (Å²) in [5.41, 5.74) is 5.17. The maximum atomic E-state index is 12.5. The van der Waals surface area contributed by atoms with Crippen LogP contribution >= 0.6 is 15.6 Å². The number of nitrogens with two attached hydrogens (primary N) is 1. The summed E-state index contributed by atoms with van der Waals surface area (Å²) in [7, 11) is -11.8. The molecule has 2 aliphatic heterocycles. The van der Waals surface area contributed by atoms with Gasteiger partial charge in [-0.05, 0) is 12.8 Å². The fraction of sp³-hybridized carbons (Fsp3) is 0.682. The van der Waals surface area contributed by atoms with Crippen LogP contribution in [-0.4, -0.2) is 116 Å². The Morgan fingerprint density at radius 1 is 1.02 bits per heavy atom. The number of aryl methyl sites for hydroxylation is 1. The van der Waals surface area contributed by atoms with E-state index >= 15 is 0 Å². The van der Waals surface area contributed by atoms with Crippen LogP contribution in [-0.2, 0) is 44.9 Å². The number of H-pyrrole nitrogens is 1. The van der Waals surface area contributed by atoms with Crippen molar-refractivity contribution < 1.29 is 126 Å². The number of rotatable bonds is 13. The molecule has 0 radical (unpaired) electrons. The van der Waals surface area contributed by atoms with Gasteiger partial charge in [-0.25, -0.2) is 14.0 Å². The van der Waals surface area contributed by atoms with Crippen LogP contribution < -0.4 is 80.2 Å². The molecule has 2 saturated heterocycles. The SMILES string of the molecule is CCCCc1cn(C[C@@H]2O[C@H](OP(=O)([O-])OP(=O)([O-])OC[C@H]3O[C@@H](n4cnc5c(=O)[nH]c(N)nc54)[C@H](O)[C@@H]3O)[C@@H](O)[C@H](O)[C@@H]2O)nn1.[Na+].[Na+]. The first kappa shape index (κ1) is 42.7. The van der Waals surface area contributed by atoms with Crippen LogP contribution in [0.5, 0.6) is 0 Å². The molecule has 0 amide bonds. The number of phosphoric ester groups is 2. The Hall–Kier alpha value is -0.730. The van der Waals surface area contributed by atoms with Gasteiger partial charge in [0.1, 0.15) is 42.7 Å². The third-order valence-electron chi connectivity index (χ3n) is 7.30. The number of anilines is 1. The normalized spacial score (nSPS) is 31.1. The summed E-state index contributed by atoms with van der Waals surface area (Å²) in [6.45, 7) is 0.648. The van der Waals surface area contributed by atoms with Crippen molar-refractivity contribution in [2.45, 2.75) is 88.0 Å². The van der Waals surface area contributed by atoms with Gasteiger partial charge in [0.05, 0.1) is 25.2 Å². The van der Waals surface area contributed by atoms with E-state index in [1.54, 1.807) is 6.20 Å². The number of unbranched alkanes of at least 4 members (excludes halogenated alkanes) is 1. The van der Waals surface area contributed by atoms with E-state index in [4.69, 9.17) is 15.2 Å². The molecular formula is C22H32N8Na2O15P2. The van der Waals surface area contributed by atoms with E-state index in [9.17, 15) is 49.2 Å². The van der Waals surface area contributed by atoms with Gasteiger partial charge in [-0.2, -0.15) is 4.98 Å². The Morgan fingerprint density at radius 3 is 2.41 bits per heavy atom. The first-order chi connectivity index (χ1) is 22.1. The summed E-state index contributed by atoms with van der Waals surface area (Å²) in [5, 5.41) is 59.7. The third kappa shape index (κ3) is 10.0. The first-order valence-corrected chi connectivity index (χ1v) is 17.0. The number of nitrogens with zero attached hydrogens (tertiary/aromatic N) is 6. The number of ether oxygens (including phenoxy) is 2. The molecular weight excluding hydrogens is 724 g/mol. The zero-order valence-electron chi connectivity index (χ0n) is 26.4. The molecule has 27 heteroatoms. The van der Waals surface area contributed by atoms with E-state index in [0.717, 1.165) is 23.7 Å². The van der Waals surface area contributed by atoms with Gasteiger partial charge in [-0.1, -0.05) is 18.6 Å². The predicted octanol–water partition coefficient (Wildman–Crippen LogP) is -10.2. The molecule has 0 bridgehead atoms. The van der Waals surface area contributed by atoms with Crippen molar-refractivity contribution in [2.75, 3.05) is 12.3 Å². The van der Waals surface area contributed by atoms with Crippen molar-refractivity contribution in [3.63, 3.8) is 0 Å². The Bertz CT molecular complexity index is 1720. The Morgan fingerprint density at radius 2 is 1.71 bits per heavy atom. The summed E-state index contributed by atoms with van der Waals surface area (Å²) in [4.78, 5) is 47.0. The summed E-state index contributed by atoms with van der Waals surface area (Å²) >= 11 is 0. The quantitative estimate of drug-likeness (QED) is 0.0629.